The van der Waals surface area contributed by atoms with Crippen molar-refractivity contribution in [3.8, 4) is 0 Å². The highest BCUT2D eigenvalue weighted by Crippen LogP contribution is 2.26. The van der Waals surface area contributed by atoms with Crippen molar-refractivity contribution in [3.05, 3.63) is 59.9 Å². The van der Waals surface area contributed by atoms with Crippen LogP contribution in [0.4, 0.5) is 10.3 Å². The molecule has 130 valence electrons. The first-order valence-corrected chi connectivity index (χ1v) is 8.43. The molecular weight excluding hydrogens is 331 g/mol. The number of halogens is 1. The molecule has 0 atom stereocenters. The summed E-state index contributed by atoms with van der Waals surface area (Å²) in [5.41, 5.74) is 5.71. The van der Waals surface area contributed by atoms with Gasteiger partial charge < -0.3 is 4.57 Å². The Balaban J connectivity index is 1.70. The van der Waals surface area contributed by atoms with Crippen molar-refractivity contribution in [2.75, 3.05) is 5.43 Å². The lowest BCUT2D eigenvalue weighted by atomic mass is 10.2. The van der Waals surface area contributed by atoms with Crippen LogP contribution >= 0.6 is 0 Å². The average Bonchev–Trinajstić information content (AvgIpc) is 2.97. The molecule has 0 saturated heterocycles. The van der Waals surface area contributed by atoms with E-state index in [9.17, 15) is 4.39 Å². The third kappa shape index (κ3) is 2.88. The summed E-state index contributed by atoms with van der Waals surface area (Å²) in [6.07, 6.45) is 2.37. The van der Waals surface area contributed by atoms with Gasteiger partial charge in [0.25, 0.3) is 5.95 Å². The molecule has 2 heterocycles. The Hall–Kier alpha value is -3.35. The topological polar surface area (TPSA) is 68.0 Å². The number of para-hydroxylation sites is 1. The van der Waals surface area contributed by atoms with Crippen molar-refractivity contribution in [2.45, 2.75) is 19.9 Å². The van der Waals surface area contributed by atoms with Crippen LogP contribution in [0.5, 0.6) is 0 Å². The molecule has 26 heavy (non-hydrogen) atoms. The van der Waals surface area contributed by atoms with Crippen molar-refractivity contribution in [2.24, 2.45) is 5.10 Å². The molecule has 0 unspecified atom stereocenters. The summed E-state index contributed by atoms with van der Waals surface area (Å²) in [5, 5.41) is 13.4. The van der Waals surface area contributed by atoms with E-state index in [2.05, 4.69) is 43.3 Å². The maximum Gasteiger partial charge on any atom is 0.265 e. The van der Waals surface area contributed by atoms with Gasteiger partial charge >= 0.3 is 0 Å². The Morgan fingerprint density at radius 3 is 2.77 bits per heavy atom. The Bertz CT molecular complexity index is 1100. The Kier molecular flexibility index (Phi) is 4.27. The van der Waals surface area contributed by atoms with Gasteiger partial charge in [-0.15, -0.1) is 10.2 Å². The van der Waals surface area contributed by atoms with Crippen LogP contribution in [-0.2, 0) is 6.54 Å². The molecule has 2 aromatic heterocycles. The lowest BCUT2D eigenvalue weighted by Gasteiger charge is -2.04. The first-order chi connectivity index (χ1) is 12.8. The summed E-state index contributed by atoms with van der Waals surface area (Å²) in [7, 11) is 0. The van der Waals surface area contributed by atoms with Crippen molar-refractivity contribution in [1.82, 2.24) is 19.7 Å². The van der Waals surface area contributed by atoms with Crippen LogP contribution in [0.2, 0.25) is 0 Å². The SMILES string of the molecule is CCCn1c2ccccc2c2nnc(N/N=C/c3ccccc3F)nc21. The van der Waals surface area contributed by atoms with Gasteiger partial charge in [0.2, 0.25) is 0 Å². The third-order valence-electron chi connectivity index (χ3n) is 4.09. The van der Waals surface area contributed by atoms with E-state index >= 15 is 0 Å². The zero-order valence-electron chi connectivity index (χ0n) is 14.2. The maximum atomic E-state index is 13.6. The van der Waals surface area contributed by atoms with Gasteiger partial charge in [-0.25, -0.2) is 9.82 Å². The van der Waals surface area contributed by atoms with Crippen molar-refractivity contribution >= 4 is 34.2 Å². The molecule has 2 aromatic carbocycles. The summed E-state index contributed by atoms with van der Waals surface area (Å²) >= 11 is 0. The molecule has 0 amide bonds. The van der Waals surface area contributed by atoms with Gasteiger partial charge in [0.15, 0.2) is 5.65 Å². The van der Waals surface area contributed by atoms with Crippen LogP contribution in [0, 0.1) is 5.82 Å². The van der Waals surface area contributed by atoms with Gasteiger partial charge in [0.05, 0.1) is 11.7 Å². The van der Waals surface area contributed by atoms with Crippen molar-refractivity contribution < 1.29 is 4.39 Å². The number of nitrogens with one attached hydrogen (secondary N) is 1. The van der Waals surface area contributed by atoms with Crippen LogP contribution in [0.15, 0.2) is 53.6 Å². The summed E-state index contributed by atoms with van der Waals surface area (Å²) < 4.78 is 15.7. The molecule has 0 aliphatic heterocycles. The van der Waals surface area contributed by atoms with E-state index in [-0.39, 0.29) is 11.8 Å². The Morgan fingerprint density at radius 1 is 1.12 bits per heavy atom. The largest absolute Gasteiger partial charge is 0.324 e. The van der Waals surface area contributed by atoms with E-state index in [4.69, 9.17) is 0 Å². The molecule has 0 radical (unpaired) electrons. The van der Waals surface area contributed by atoms with Gasteiger partial charge in [-0.1, -0.05) is 43.3 Å². The fourth-order valence-corrected chi connectivity index (χ4v) is 2.94. The molecule has 1 N–H and O–H groups in total. The minimum Gasteiger partial charge on any atom is -0.324 e. The van der Waals surface area contributed by atoms with Crippen molar-refractivity contribution in [3.63, 3.8) is 0 Å². The van der Waals surface area contributed by atoms with Crippen LogP contribution in [0.3, 0.4) is 0 Å². The van der Waals surface area contributed by atoms with Crippen LogP contribution < -0.4 is 5.43 Å². The van der Waals surface area contributed by atoms with Crippen LogP contribution in [-0.4, -0.2) is 26.0 Å². The number of rotatable bonds is 5. The van der Waals surface area contributed by atoms with Gasteiger partial charge in [-0.2, -0.15) is 10.1 Å². The molecule has 0 bridgehead atoms. The second-order valence-corrected chi connectivity index (χ2v) is 5.87. The smallest absolute Gasteiger partial charge is 0.265 e. The highest BCUT2D eigenvalue weighted by molar-refractivity contribution is 6.04. The molecule has 4 aromatic rings. The minimum atomic E-state index is -0.337. The highest BCUT2D eigenvalue weighted by Gasteiger charge is 2.13. The van der Waals surface area contributed by atoms with Gasteiger partial charge in [-0.05, 0) is 18.6 Å². The zero-order chi connectivity index (χ0) is 17.9. The lowest BCUT2D eigenvalue weighted by molar-refractivity contribution is 0.626. The molecule has 0 saturated carbocycles. The van der Waals surface area contributed by atoms with E-state index in [0.717, 1.165) is 35.0 Å². The minimum absolute atomic E-state index is 0.269. The van der Waals surface area contributed by atoms with Gasteiger partial charge in [0, 0.05) is 17.5 Å². The Labute approximate surface area is 149 Å². The summed E-state index contributed by atoms with van der Waals surface area (Å²) in [5.74, 6) is -0.0686. The molecule has 0 aliphatic rings. The first-order valence-electron chi connectivity index (χ1n) is 8.43. The predicted molar refractivity (Wildman–Crippen MR) is 101 cm³/mol. The van der Waals surface area contributed by atoms with Crippen LogP contribution in [0.1, 0.15) is 18.9 Å². The summed E-state index contributed by atoms with van der Waals surface area (Å²) in [6, 6.07) is 14.5. The molecule has 0 spiro atoms. The quantitative estimate of drug-likeness (QED) is 0.438. The number of aryl methyl sites for hydroxylation is 1. The molecule has 0 fully saturated rings. The van der Waals surface area contributed by atoms with E-state index in [1.165, 1.54) is 12.3 Å². The second kappa shape index (κ2) is 6.87. The van der Waals surface area contributed by atoms with Gasteiger partial charge in [0.1, 0.15) is 11.3 Å². The molecular formula is C19H17FN6. The number of hydrogen-bond donors (Lipinski definition) is 1. The van der Waals surface area contributed by atoms with E-state index in [1.54, 1.807) is 18.2 Å². The standard InChI is InChI=1S/C19H17FN6/c1-2-11-26-16-10-6-4-8-14(16)17-18(26)22-19(25-23-17)24-21-12-13-7-3-5-9-15(13)20/h3-10,12H,2,11H2,1H3,(H,22,24,25)/b21-12+. The molecule has 4 rings (SSSR count). The van der Waals surface area contributed by atoms with E-state index in [0.29, 0.717) is 5.56 Å². The first kappa shape index (κ1) is 16.1. The van der Waals surface area contributed by atoms with Gasteiger partial charge in [-0.3, -0.25) is 0 Å². The number of hydrogen-bond acceptors (Lipinski definition) is 5. The number of hydrazone groups is 1. The predicted octanol–water partition coefficient (Wildman–Crippen LogP) is 3.97. The summed E-state index contributed by atoms with van der Waals surface area (Å²) in [6.45, 7) is 2.95. The summed E-state index contributed by atoms with van der Waals surface area (Å²) in [4.78, 5) is 4.56. The maximum absolute atomic E-state index is 13.6. The number of benzene rings is 2. The number of anilines is 1. The Morgan fingerprint density at radius 2 is 1.92 bits per heavy atom. The van der Waals surface area contributed by atoms with E-state index < -0.39 is 0 Å². The van der Waals surface area contributed by atoms with Crippen molar-refractivity contribution in [1.29, 1.82) is 0 Å². The van der Waals surface area contributed by atoms with E-state index in [1.807, 2.05) is 18.2 Å². The molecule has 0 aliphatic carbocycles. The second-order valence-electron chi connectivity index (χ2n) is 5.87. The normalized spacial score (nSPS) is 11.6. The lowest BCUT2D eigenvalue weighted by Crippen LogP contribution is -2.03. The molecule has 7 heteroatoms. The molecule has 6 nitrogen and oxygen atoms in total. The van der Waals surface area contributed by atoms with Crippen LogP contribution in [0.25, 0.3) is 22.1 Å². The number of fused-ring (bicyclic) bond motifs is 3. The number of aromatic nitrogens is 4. The zero-order valence-corrected chi connectivity index (χ0v) is 14.2. The monoisotopic (exact) mass is 348 g/mol. The number of nitrogens with zero attached hydrogens (tertiary/aromatic N) is 5. The highest BCUT2D eigenvalue weighted by atomic mass is 19.1. The average molecular weight is 348 g/mol. The fraction of sp³-hybridized carbons (Fsp3) is 0.158. The fourth-order valence-electron chi connectivity index (χ4n) is 2.94. The third-order valence-corrected chi connectivity index (χ3v) is 4.09.